The van der Waals surface area contributed by atoms with Crippen molar-refractivity contribution >= 4 is 5.78 Å². The molecule has 0 heterocycles. The molecule has 0 aliphatic heterocycles. The van der Waals surface area contributed by atoms with Gasteiger partial charge in [0.2, 0.25) is 0 Å². The van der Waals surface area contributed by atoms with Crippen LogP contribution in [0.2, 0.25) is 0 Å². The summed E-state index contributed by atoms with van der Waals surface area (Å²) in [6.45, 7) is 4.43. The molecule has 0 saturated carbocycles. The average molecular weight is 309 g/mol. The lowest BCUT2D eigenvalue weighted by Crippen LogP contribution is -2.16. The zero-order valence-corrected chi connectivity index (χ0v) is 14.8. The van der Waals surface area contributed by atoms with Gasteiger partial charge in [-0.15, -0.1) is 0 Å². The molecule has 0 bridgehead atoms. The first-order chi connectivity index (χ1) is 10.6. The Kier molecular flexibility index (Phi) is 10.5. The van der Waals surface area contributed by atoms with Crippen molar-refractivity contribution in [2.75, 3.05) is 0 Å². The smallest absolute Gasteiger partial charge is 0.155 e. The number of allylic oxidation sites excluding steroid dienone is 1. The summed E-state index contributed by atoms with van der Waals surface area (Å²) >= 11 is 0. The molecule has 0 aromatic heterocycles. The van der Waals surface area contributed by atoms with Gasteiger partial charge < -0.3 is 5.11 Å². The summed E-state index contributed by atoms with van der Waals surface area (Å²) in [5.74, 6) is 0.707. The van der Waals surface area contributed by atoms with Crippen LogP contribution in [-0.2, 0) is 4.79 Å². The first-order valence-electron chi connectivity index (χ1n) is 9.54. The van der Waals surface area contributed by atoms with E-state index in [1.54, 1.807) is 6.08 Å². The minimum Gasteiger partial charge on any atom is -0.393 e. The van der Waals surface area contributed by atoms with Gasteiger partial charge in [0.25, 0.3) is 0 Å². The molecule has 0 aromatic carbocycles. The summed E-state index contributed by atoms with van der Waals surface area (Å²) in [4.78, 5) is 11.5. The number of rotatable bonds is 12. The maximum atomic E-state index is 11.5. The van der Waals surface area contributed by atoms with Crippen molar-refractivity contribution in [3.05, 3.63) is 11.6 Å². The topological polar surface area (TPSA) is 37.3 Å². The third kappa shape index (κ3) is 8.73. The molecule has 2 nitrogen and oxygen atoms in total. The van der Waals surface area contributed by atoms with Crippen LogP contribution in [0.1, 0.15) is 97.3 Å². The molecular formula is C20H36O2. The van der Waals surface area contributed by atoms with Crippen molar-refractivity contribution in [2.24, 2.45) is 5.92 Å². The molecule has 2 atom stereocenters. The van der Waals surface area contributed by atoms with Gasteiger partial charge in [0.1, 0.15) is 0 Å². The molecule has 128 valence electrons. The normalized spacial score (nSPS) is 20.0. The van der Waals surface area contributed by atoms with E-state index in [-0.39, 0.29) is 11.9 Å². The average Bonchev–Trinajstić information content (AvgIpc) is 2.49. The first kappa shape index (κ1) is 19.4. The largest absolute Gasteiger partial charge is 0.393 e. The fourth-order valence-electron chi connectivity index (χ4n) is 3.29. The molecule has 0 amide bonds. The summed E-state index contributed by atoms with van der Waals surface area (Å²) in [6.07, 6.45) is 16.6. The number of unbranched alkanes of at least 4 members (excludes halogenated alkanes) is 8. The van der Waals surface area contributed by atoms with E-state index in [0.717, 1.165) is 19.3 Å². The highest BCUT2D eigenvalue weighted by molar-refractivity contribution is 5.91. The molecule has 22 heavy (non-hydrogen) atoms. The van der Waals surface area contributed by atoms with Crippen LogP contribution in [-0.4, -0.2) is 17.0 Å². The summed E-state index contributed by atoms with van der Waals surface area (Å²) in [5, 5.41) is 10.2. The van der Waals surface area contributed by atoms with E-state index >= 15 is 0 Å². The molecule has 0 aromatic rings. The van der Waals surface area contributed by atoms with Crippen molar-refractivity contribution in [2.45, 2.75) is 103 Å². The maximum absolute atomic E-state index is 11.5. The molecule has 0 spiro atoms. The molecule has 0 fully saturated rings. The number of aliphatic hydroxyl groups excluding tert-OH is 1. The van der Waals surface area contributed by atoms with E-state index in [4.69, 9.17) is 0 Å². The van der Waals surface area contributed by atoms with Crippen LogP contribution in [0.25, 0.3) is 0 Å². The Morgan fingerprint density at radius 3 is 2.32 bits per heavy atom. The van der Waals surface area contributed by atoms with Crippen LogP contribution in [0.4, 0.5) is 0 Å². The maximum Gasteiger partial charge on any atom is 0.155 e. The van der Waals surface area contributed by atoms with Gasteiger partial charge in [0.15, 0.2) is 5.78 Å². The quantitative estimate of drug-likeness (QED) is 0.478. The third-order valence-corrected chi connectivity index (χ3v) is 4.92. The fourth-order valence-corrected chi connectivity index (χ4v) is 3.29. The van der Waals surface area contributed by atoms with E-state index in [2.05, 4.69) is 13.8 Å². The van der Waals surface area contributed by atoms with Gasteiger partial charge >= 0.3 is 0 Å². The van der Waals surface area contributed by atoms with Crippen molar-refractivity contribution < 1.29 is 9.90 Å². The molecule has 0 saturated heterocycles. The van der Waals surface area contributed by atoms with Crippen molar-refractivity contribution in [1.82, 2.24) is 0 Å². The number of carbonyl (C=O) groups excluding carboxylic acids is 1. The third-order valence-electron chi connectivity index (χ3n) is 4.92. The van der Waals surface area contributed by atoms with Gasteiger partial charge in [-0.1, -0.05) is 77.2 Å². The summed E-state index contributed by atoms with van der Waals surface area (Å²) in [5.41, 5.74) is 1.17. The van der Waals surface area contributed by atoms with Gasteiger partial charge in [-0.3, -0.25) is 4.79 Å². The Bertz CT molecular complexity index is 333. The Hall–Kier alpha value is -0.630. The van der Waals surface area contributed by atoms with E-state index in [0.29, 0.717) is 18.8 Å². The fraction of sp³-hybridized carbons (Fsp3) is 0.850. The standard InChI is InChI=1S/C20H36O2/c1-3-4-5-6-7-8-9-10-11-12-19(21)15-18-16-20(22)14-13-17(18)2/h16-17,19,21H,3-15H2,1-2H3. The second-order valence-corrected chi connectivity index (χ2v) is 7.10. The predicted octanol–water partition coefficient (Wildman–Crippen LogP) is 5.58. The zero-order valence-electron chi connectivity index (χ0n) is 14.8. The van der Waals surface area contributed by atoms with E-state index < -0.39 is 0 Å². The number of aliphatic hydroxyl groups is 1. The summed E-state index contributed by atoms with van der Waals surface area (Å²) in [7, 11) is 0. The number of carbonyl (C=O) groups is 1. The van der Waals surface area contributed by atoms with Crippen LogP contribution >= 0.6 is 0 Å². The van der Waals surface area contributed by atoms with Crippen LogP contribution in [0.15, 0.2) is 11.6 Å². The molecule has 0 radical (unpaired) electrons. The Balaban J connectivity index is 2.01. The van der Waals surface area contributed by atoms with Gasteiger partial charge in [-0.25, -0.2) is 0 Å². The second kappa shape index (κ2) is 11.9. The zero-order chi connectivity index (χ0) is 16.2. The highest BCUT2D eigenvalue weighted by Crippen LogP contribution is 2.27. The number of hydrogen-bond acceptors (Lipinski definition) is 2. The minimum atomic E-state index is -0.260. The predicted molar refractivity (Wildman–Crippen MR) is 94.0 cm³/mol. The van der Waals surface area contributed by atoms with E-state index in [1.165, 1.54) is 56.9 Å². The van der Waals surface area contributed by atoms with Gasteiger partial charge in [0.05, 0.1) is 6.10 Å². The van der Waals surface area contributed by atoms with Crippen LogP contribution in [0, 0.1) is 5.92 Å². The van der Waals surface area contributed by atoms with Gasteiger partial charge in [0, 0.05) is 6.42 Å². The Labute approximate surface area is 137 Å². The van der Waals surface area contributed by atoms with Crippen molar-refractivity contribution in [3.8, 4) is 0 Å². The van der Waals surface area contributed by atoms with E-state index in [1.807, 2.05) is 0 Å². The highest BCUT2D eigenvalue weighted by atomic mass is 16.3. The van der Waals surface area contributed by atoms with Crippen LogP contribution < -0.4 is 0 Å². The Morgan fingerprint density at radius 2 is 1.68 bits per heavy atom. The molecule has 1 rings (SSSR count). The van der Waals surface area contributed by atoms with Crippen molar-refractivity contribution in [3.63, 3.8) is 0 Å². The molecule has 2 unspecified atom stereocenters. The molecule has 1 aliphatic carbocycles. The summed E-state index contributed by atoms with van der Waals surface area (Å²) < 4.78 is 0. The minimum absolute atomic E-state index is 0.239. The molecule has 2 heteroatoms. The first-order valence-corrected chi connectivity index (χ1v) is 9.54. The highest BCUT2D eigenvalue weighted by Gasteiger charge is 2.19. The molecule has 1 N–H and O–H groups in total. The molecule has 1 aliphatic rings. The molecular weight excluding hydrogens is 272 g/mol. The number of hydrogen-bond donors (Lipinski definition) is 1. The lowest BCUT2D eigenvalue weighted by atomic mass is 9.85. The van der Waals surface area contributed by atoms with Crippen LogP contribution in [0.3, 0.4) is 0 Å². The summed E-state index contributed by atoms with van der Waals surface area (Å²) in [6, 6.07) is 0. The monoisotopic (exact) mass is 308 g/mol. The lowest BCUT2D eigenvalue weighted by Gasteiger charge is -2.22. The van der Waals surface area contributed by atoms with Crippen molar-refractivity contribution in [1.29, 1.82) is 0 Å². The van der Waals surface area contributed by atoms with E-state index in [9.17, 15) is 9.90 Å². The van der Waals surface area contributed by atoms with Crippen LogP contribution in [0.5, 0.6) is 0 Å². The number of ketones is 1. The van der Waals surface area contributed by atoms with Gasteiger partial charge in [-0.2, -0.15) is 0 Å². The van der Waals surface area contributed by atoms with Gasteiger partial charge in [-0.05, 0) is 31.3 Å². The Morgan fingerprint density at radius 1 is 1.09 bits per heavy atom. The lowest BCUT2D eigenvalue weighted by molar-refractivity contribution is -0.115. The SMILES string of the molecule is CCCCCCCCCCCC(O)CC1=CC(=O)CCC1C. The second-order valence-electron chi connectivity index (χ2n) is 7.10.